The molecule has 0 aliphatic carbocycles. The Hall–Kier alpha value is 0.636. The monoisotopic (exact) mass is 292 g/mol. The average Bonchev–Trinajstić information content (AvgIpc) is 2.24. The summed E-state index contributed by atoms with van der Waals surface area (Å²) in [5, 5.41) is 0. The van der Waals surface area contributed by atoms with E-state index in [9.17, 15) is 8.42 Å². The van der Waals surface area contributed by atoms with Crippen LogP contribution in [-0.2, 0) is 14.6 Å². The molecule has 0 saturated carbocycles. The van der Waals surface area contributed by atoms with Crippen LogP contribution in [0.4, 0.5) is 0 Å². The van der Waals surface area contributed by atoms with Crippen LogP contribution in [0.3, 0.4) is 0 Å². The van der Waals surface area contributed by atoms with Crippen molar-refractivity contribution < 1.29 is 17.2 Å². The summed E-state index contributed by atoms with van der Waals surface area (Å²) >= 11 is 0. The maximum atomic E-state index is 10.2. The van der Waals surface area contributed by atoms with E-state index in [0.717, 1.165) is 12.8 Å². The Kier molecular flexibility index (Phi) is 16.4. The molecule has 0 aromatic heterocycles. The summed E-state index contributed by atoms with van der Waals surface area (Å²) in [5.74, 6) is 0. The van der Waals surface area contributed by atoms with E-state index in [4.69, 9.17) is 4.55 Å². The van der Waals surface area contributed by atoms with Crippen molar-refractivity contribution in [1.82, 2.24) is 0 Å². The lowest BCUT2D eigenvalue weighted by molar-refractivity contribution is 0.261. The van der Waals surface area contributed by atoms with E-state index in [1.165, 1.54) is 44.9 Å². The summed E-state index contributed by atoms with van der Waals surface area (Å²) in [5.41, 5.74) is 0. The van der Waals surface area contributed by atoms with Crippen LogP contribution in [0.15, 0.2) is 0 Å². The second-order valence-corrected chi connectivity index (χ2v) is 5.52. The molecular formula is C12H28MgO4S. The highest BCUT2D eigenvalue weighted by Crippen LogP contribution is 2.10. The number of hydrogen-bond donors (Lipinski definition) is 1. The Bertz CT molecular complexity index is 255. The smallest absolute Gasteiger partial charge is 0.264 e. The van der Waals surface area contributed by atoms with Gasteiger partial charge in [0, 0.05) is 0 Å². The summed E-state index contributed by atoms with van der Waals surface area (Å²) in [7, 11) is -4.23. The molecule has 0 aliphatic heterocycles. The number of rotatable bonds is 12. The zero-order valence-electron chi connectivity index (χ0n) is 10.9. The van der Waals surface area contributed by atoms with Gasteiger partial charge in [0.05, 0.1) is 6.61 Å². The largest absolute Gasteiger partial charge is 0.397 e. The molecule has 0 aromatic rings. The second-order valence-electron chi connectivity index (χ2n) is 4.43. The van der Waals surface area contributed by atoms with E-state index >= 15 is 0 Å². The molecule has 0 aromatic carbocycles. The van der Waals surface area contributed by atoms with E-state index in [0.29, 0.717) is 6.42 Å². The number of hydrogen-bond acceptors (Lipinski definition) is 3. The summed E-state index contributed by atoms with van der Waals surface area (Å²) in [4.78, 5) is 0. The van der Waals surface area contributed by atoms with Crippen LogP contribution in [0.5, 0.6) is 0 Å². The van der Waals surface area contributed by atoms with Crippen LogP contribution in [0.25, 0.3) is 0 Å². The summed E-state index contributed by atoms with van der Waals surface area (Å²) in [6.45, 7) is 2.31. The molecule has 0 amide bonds. The minimum atomic E-state index is -4.23. The Labute approximate surface area is 128 Å². The molecule has 0 fully saturated rings. The van der Waals surface area contributed by atoms with Crippen molar-refractivity contribution in [2.75, 3.05) is 6.61 Å². The Morgan fingerprint density at radius 2 is 1.22 bits per heavy atom. The van der Waals surface area contributed by atoms with Gasteiger partial charge in [0.2, 0.25) is 0 Å². The second kappa shape index (κ2) is 14.1. The van der Waals surface area contributed by atoms with Crippen LogP contribution >= 0.6 is 0 Å². The molecule has 0 aliphatic rings. The van der Waals surface area contributed by atoms with Gasteiger partial charge in [-0.15, -0.1) is 0 Å². The maximum Gasteiger partial charge on any atom is 0.397 e. The van der Waals surface area contributed by atoms with Gasteiger partial charge in [-0.05, 0) is 6.42 Å². The highest BCUT2D eigenvalue weighted by molar-refractivity contribution is 7.80. The van der Waals surface area contributed by atoms with E-state index < -0.39 is 10.4 Å². The van der Waals surface area contributed by atoms with Gasteiger partial charge in [-0.25, -0.2) is 4.18 Å². The van der Waals surface area contributed by atoms with Crippen molar-refractivity contribution in [2.24, 2.45) is 0 Å². The Balaban J connectivity index is 0. The number of unbranched alkanes of at least 4 members (excludes halogenated alkanes) is 9. The van der Waals surface area contributed by atoms with E-state index in [-0.39, 0.29) is 29.7 Å². The van der Waals surface area contributed by atoms with Gasteiger partial charge in [-0.2, -0.15) is 8.42 Å². The summed E-state index contributed by atoms with van der Waals surface area (Å²) < 4.78 is 33.0. The molecule has 0 saturated heterocycles. The maximum absolute atomic E-state index is 10.2. The first-order valence-electron chi connectivity index (χ1n) is 6.68. The van der Waals surface area contributed by atoms with Gasteiger partial charge >= 0.3 is 33.5 Å². The zero-order valence-corrected chi connectivity index (χ0v) is 11.7. The van der Waals surface area contributed by atoms with Crippen molar-refractivity contribution in [2.45, 2.75) is 71.1 Å². The fourth-order valence-corrected chi connectivity index (χ4v) is 2.08. The fraction of sp³-hybridized carbons (Fsp3) is 1.00. The SMILES string of the molecule is CCCCCCCCCCCCOS(=O)(=O)O.[MgH2]. The van der Waals surface area contributed by atoms with Gasteiger partial charge in [0.15, 0.2) is 0 Å². The molecule has 0 spiro atoms. The van der Waals surface area contributed by atoms with Crippen molar-refractivity contribution >= 4 is 33.5 Å². The van der Waals surface area contributed by atoms with Crippen LogP contribution in [0.1, 0.15) is 71.1 Å². The van der Waals surface area contributed by atoms with Crippen molar-refractivity contribution in [3.63, 3.8) is 0 Å². The van der Waals surface area contributed by atoms with Gasteiger partial charge in [-0.1, -0.05) is 64.7 Å². The molecule has 108 valence electrons. The van der Waals surface area contributed by atoms with Crippen LogP contribution in [0.2, 0.25) is 0 Å². The van der Waals surface area contributed by atoms with E-state index in [2.05, 4.69) is 11.1 Å². The first-order valence-corrected chi connectivity index (χ1v) is 8.04. The summed E-state index contributed by atoms with van der Waals surface area (Å²) in [6.07, 6.45) is 11.9. The third-order valence-electron chi connectivity index (χ3n) is 2.73. The quantitative estimate of drug-likeness (QED) is 0.341. The minimum absolute atomic E-state index is 0. The third-order valence-corrected chi connectivity index (χ3v) is 3.19. The normalized spacial score (nSPS) is 11.2. The first-order chi connectivity index (χ1) is 8.06. The molecule has 0 atom stereocenters. The highest BCUT2D eigenvalue weighted by Gasteiger charge is 2.02. The minimum Gasteiger partial charge on any atom is -0.264 e. The fourth-order valence-electron chi connectivity index (χ4n) is 1.75. The highest BCUT2D eigenvalue weighted by atomic mass is 32.3. The van der Waals surface area contributed by atoms with Gasteiger partial charge in [0.1, 0.15) is 0 Å². The molecule has 6 heteroatoms. The van der Waals surface area contributed by atoms with Crippen molar-refractivity contribution in [3.8, 4) is 0 Å². The molecule has 0 rings (SSSR count). The lowest BCUT2D eigenvalue weighted by Crippen LogP contribution is -2.04. The van der Waals surface area contributed by atoms with Crippen molar-refractivity contribution in [3.05, 3.63) is 0 Å². The van der Waals surface area contributed by atoms with E-state index in [1.54, 1.807) is 0 Å². The molecular weight excluding hydrogens is 264 g/mol. The van der Waals surface area contributed by atoms with Gasteiger partial charge in [0.25, 0.3) is 0 Å². The first kappa shape index (κ1) is 20.9. The molecule has 4 nitrogen and oxygen atoms in total. The van der Waals surface area contributed by atoms with Gasteiger partial charge < -0.3 is 0 Å². The topological polar surface area (TPSA) is 63.6 Å². The Morgan fingerprint density at radius 3 is 1.61 bits per heavy atom. The Morgan fingerprint density at radius 1 is 0.833 bits per heavy atom. The lowest BCUT2D eigenvalue weighted by atomic mass is 10.1. The van der Waals surface area contributed by atoms with Gasteiger partial charge in [-0.3, -0.25) is 4.55 Å². The third kappa shape index (κ3) is 19.0. The predicted molar refractivity (Wildman–Crippen MR) is 77.9 cm³/mol. The van der Waals surface area contributed by atoms with Crippen molar-refractivity contribution in [1.29, 1.82) is 0 Å². The molecule has 1 N–H and O–H groups in total. The average molecular weight is 293 g/mol. The zero-order chi connectivity index (χ0) is 13.0. The van der Waals surface area contributed by atoms with Crippen LogP contribution in [0, 0.1) is 0 Å². The molecule has 0 radical (unpaired) electrons. The molecule has 0 bridgehead atoms. The molecule has 18 heavy (non-hydrogen) atoms. The van der Waals surface area contributed by atoms with E-state index in [1.807, 2.05) is 0 Å². The lowest BCUT2D eigenvalue weighted by Gasteiger charge is -2.02. The molecule has 0 heterocycles. The van der Waals surface area contributed by atoms with Crippen LogP contribution in [-0.4, -0.2) is 42.6 Å². The van der Waals surface area contributed by atoms with Crippen LogP contribution < -0.4 is 0 Å². The summed E-state index contributed by atoms with van der Waals surface area (Å²) in [6, 6.07) is 0. The molecule has 0 unspecified atom stereocenters. The predicted octanol–water partition coefficient (Wildman–Crippen LogP) is 2.81. The standard InChI is InChI=1S/C12H26O4S.Mg.2H/c1-2-3-4-5-6-7-8-9-10-11-12-16-17(13,14)15;;;/h2-12H2,1H3,(H,13,14,15);;;.